The molecule has 2 rings (SSSR count). The van der Waals surface area contributed by atoms with Crippen LogP contribution in [-0.4, -0.2) is 17.9 Å². The Kier molecular flexibility index (Phi) is 4.74. The van der Waals surface area contributed by atoms with Crippen molar-refractivity contribution in [1.82, 2.24) is 4.90 Å². The maximum absolute atomic E-state index is 12.2. The molecule has 1 heterocycles. The van der Waals surface area contributed by atoms with Crippen molar-refractivity contribution in [2.24, 2.45) is 0 Å². The zero-order valence-corrected chi connectivity index (χ0v) is 12.9. The lowest BCUT2D eigenvalue weighted by molar-refractivity contribution is -0.126. The fourth-order valence-corrected chi connectivity index (χ4v) is 2.53. The number of hydrogen-bond acceptors (Lipinski definition) is 2. The lowest BCUT2D eigenvalue weighted by Gasteiger charge is -2.24. The molecule has 2 nitrogen and oxygen atoms in total. The van der Waals surface area contributed by atoms with Gasteiger partial charge >= 0.3 is 0 Å². The van der Waals surface area contributed by atoms with Crippen LogP contribution in [0.25, 0.3) is 6.08 Å². The smallest absolute Gasteiger partial charge is 0.246 e. The molecule has 1 unspecified atom stereocenters. The summed E-state index contributed by atoms with van der Waals surface area (Å²) in [7, 11) is 1.84. The predicted molar refractivity (Wildman–Crippen MR) is 85.7 cm³/mol. The quantitative estimate of drug-likeness (QED) is 0.767. The Hall–Kier alpha value is -1.87. The van der Waals surface area contributed by atoms with Crippen LogP contribution >= 0.6 is 11.3 Å². The van der Waals surface area contributed by atoms with Crippen molar-refractivity contribution in [2.45, 2.75) is 19.9 Å². The monoisotopic (exact) mass is 285 g/mol. The van der Waals surface area contributed by atoms with Crippen LogP contribution in [0, 0.1) is 6.92 Å². The first-order valence-electron chi connectivity index (χ1n) is 6.63. The summed E-state index contributed by atoms with van der Waals surface area (Å²) in [6.45, 7) is 4.11. The average Bonchev–Trinajstić information content (AvgIpc) is 2.97. The minimum absolute atomic E-state index is 0.0199. The van der Waals surface area contributed by atoms with Crippen LogP contribution < -0.4 is 0 Å². The fraction of sp³-hybridized carbons (Fsp3) is 0.235. The number of carbonyl (C=O) groups excluding carboxylic acids is 1. The minimum atomic E-state index is 0.0199. The van der Waals surface area contributed by atoms with Gasteiger partial charge in [-0.1, -0.05) is 35.9 Å². The Morgan fingerprint density at radius 3 is 2.55 bits per heavy atom. The van der Waals surface area contributed by atoms with E-state index in [0.717, 1.165) is 10.4 Å². The number of carbonyl (C=O) groups is 1. The van der Waals surface area contributed by atoms with Gasteiger partial charge in [0.15, 0.2) is 0 Å². The van der Waals surface area contributed by atoms with Crippen LogP contribution in [0.3, 0.4) is 0 Å². The van der Waals surface area contributed by atoms with E-state index >= 15 is 0 Å². The van der Waals surface area contributed by atoms with Gasteiger partial charge in [-0.2, -0.15) is 0 Å². The van der Waals surface area contributed by atoms with Crippen molar-refractivity contribution < 1.29 is 4.79 Å². The van der Waals surface area contributed by atoms with Crippen LogP contribution in [0.1, 0.15) is 29.0 Å². The van der Waals surface area contributed by atoms with Crippen LogP contribution in [0.2, 0.25) is 0 Å². The highest BCUT2D eigenvalue weighted by Crippen LogP contribution is 2.20. The van der Waals surface area contributed by atoms with Crippen LogP contribution in [0.15, 0.2) is 47.9 Å². The molecule has 0 spiro atoms. The predicted octanol–water partition coefficient (Wildman–Crippen LogP) is 4.29. The van der Waals surface area contributed by atoms with E-state index in [0.29, 0.717) is 0 Å². The molecule has 3 heteroatoms. The van der Waals surface area contributed by atoms with Crippen molar-refractivity contribution in [2.75, 3.05) is 7.05 Å². The Morgan fingerprint density at radius 2 is 1.95 bits per heavy atom. The second kappa shape index (κ2) is 6.53. The molecule has 2 aromatic rings. The van der Waals surface area contributed by atoms with E-state index in [1.807, 2.05) is 37.6 Å². The first-order chi connectivity index (χ1) is 9.58. The molecule has 0 saturated carbocycles. The van der Waals surface area contributed by atoms with Crippen molar-refractivity contribution in [3.8, 4) is 0 Å². The van der Waals surface area contributed by atoms with Gasteiger partial charge in [0.2, 0.25) is 5.91 Å². The van der Waals surface area contributed by atoms with Gasteiger partial charge in [0, 0.05) is 18.0 Å². The molecule has 1 amide bonds. The lowest BCUT2D eigenvalue weighted by atomic mass is 10.1. The molecule has 0 N–H and O–H groups in total. The molecule has 1 aromatic carbocycles. The maximum atomic E-state index is 12.2. The molecule has 0 aliphatic heterocycles. The summed E-state index contributed by atoms with van der Waals surface area (Å²) in [5.74, 6) is 0.0199. The summed E-state index contributed by atoms with van der Waals surface area (Å²) in [4.78, 5) is 15.0. The lowest BCUT2D eigenvalue weighted by Crippen LogP contribution is -2.27. The minimum Gasteiger partial charge on any atom is -0.335 e. The summed E-state index contributed by atoms with van der Waals surface area (Å²) >= 11 is 1.63. The standard InChI is InChI=1S/C17H19NOS/c1-13-6-8-15(9-7-13)14(2)18(3)17(19)11-10-16-5-4-12-20-16/h4-12,14H,1-3H3/b11-10+. The third kappa shape index (κ3) is 3.58. The van der Waals surface area contributed by atoms with E-state index in [9.17, 15) is 4.79 Å². The van der Waals surface area contributed by atoms with Crippen molar-refractivity contribution in [3.63, 3.8) is 0 Å². The molecule has 0 fully saturated rings. The Balaban J connectivity index is 2.04. The first kappa shape index (κ1) is 14.5. The van der Waals surface area contributed by atoms with Crippen LogP contribution in [-0.2, 0) is 4.79 Å². The highest BCUT2D eigenvalue weighted by Gasteiger charge is 2.14. The number of nitrogens with zero attached hydrogens (tertiary/aromatic N) is 1. The van der Waals surface area contributed by atoms with Crippen molar-refractivity contribution >= 4 is 23.3 Å². The highest BCUT2D eigenvalue weighted by molar-refractivity contribution is 7.10. The van der Waals surface area contributed by atoms with Gasteiger partial charge in [0.05, 0.1) is 6.04 Å². The van der Waals surface area contributed by atoms with E-state index in [1.54, 1.807) is 22.3 Å². The third-order valence-corrected chi connectivity index (χ3v) is 4.26. The second-order valence-corrected chi connectivity index (χ2v) is 5.86. The van der Waals surface area contributed by atoms with Crippen LogP contribution in [0.4, 0.5) is 0 Å². The molecule has 20 heavy (non-hydrogen) atoms. The zero-order chi connectivity index (χ0) is 14.5. The van der Waals surface area contributed by atoms with Crippen molar-refractivity contribution in [1.29, 1.82) is 0 Å². The summed E-state index contributed by atoms with van der Waals surface area (Å²) in [6, 6.07) is 12.3. The average molecular weight is 285 g/mol. The number of amides is 1. The van der Waals surface area contributed by atoms with E-state index in [4.69, 9.17) is 0 Å². The maximum Gasteiger partial charge on any atom is 0.246 e. The Morgan fingerprint density at radius 1 is 1.25 bits per heavy atom. The summed E-state index contributed by atoms with van der Waals surface area (Å²) in [6.07, 6.45) is 3.50. The second-order valence-electron chi connectivity index (χ2n) is 4.88. The van der Waals surface area contributed by atoms with Gasteiger partial charge in [0.25, 0.3) is 0 Å². The normalized spacial score (nSPS) is 12.6. The molecular formula is C17H19NOS. The third-order valence-electron chi connectivity index (χ3n) is 3.42. The Bertz CT molecular complexity index is 584. The summed E-state index contributed by atoms with van der Waals surface area (Å²) in [5.41, 5.74) is 2.38. The summed E-state index contributed by atoms with van der Waals surface area (Å²) < 4.78 is 0. The SMILES string of the molecule is Cc1ccc(C(C)N(C)C(=O)/C=C/c2cccs2)cc1. The number of benzene rings is 1. The molecule has 0 saturated heterocycles. The number of likely N-dealkylation sites (N-methyl/N-ethyl adjacent to an activating group) is 1. The van der Waals surface area contributed by atoms with E-state index < -0.39 is 0 Å². The largest absolute Gasteiger partial charge is 0.335 e. The highest BCUT2D eigenvalue weighted by atomic mass is 32.1. The van der Waals surface area contributed by atoms with Gasteiger partial charge in [0.1, 0.15) is 0 Å². The number of rotatable bonds is 4. The first-order valence-corrected chi connectivity index (χ1v) is 7.51. The van der Waals surface area contributed by atoms with Gasteiger partial charge < -0.3 is 4.90 Å². The Labute approximate surface area is 124 Å². The zero-order valence-electron chi connectivity index (χ0n) is 12.0. The van der Waals surface area contributed by atoms with Crippen LogP contribution in [0.5, 0.6) is 0 Å². The number of aryl methyl sites for hydroxylation is 1. The van der Waals surface area contributed by atoms with Gasteiger partial charge in [-0.15, -0.1) is 11.3 Å². The number of hydrogen-bond donors (Lipinski definition) is 0. The van der Waals surface area contributed by atoms with Crippen molar-refractivity contribution in [3.05, 3.63) is 63.9 Å². The molecule has 1 atom stereocenters. The topological polar surface area (TPSA) is 20.3 Å². The molecule has 0 aliphatic carbocycles. The van der Waals surface area contributed by atoms with Gasteiger partial charge in [-0.3, -0.25) is 4.79 Å². The molecular weight excluding hydrogens is 266 g/mol. The van der Waals surface area contributed by atoms with E-state index in [2.05, 4.69) is 31.2 Å². The molecule has 0 bridgehead atoms. The molecule has 0 aliphatic rings. The molecule has 0 radical (unpaired) electrons. The summed E-state index contributed by atoms with van der Waals surface area (Å²) in [5, 5.41) is 2.00. The van der Waals surface area contributed by atoms with E-state index in [-0.39, 0.29) is 11.9 Å². The van der Waals surface area contributed by atoms with Gasteiger partial charge in [-0.05, 0) is 36.9 Å². The number of thiophene rings is 1. The van der Waals surface area contributed by atoms with Gasteiger partial charge in [-0.25, -0.2) is 0 Å². The molecule has 1 aromatic heterocycles. The molecule has 104 valence electrons. The fourth-order valence-electron chi connectivity index (χ4n) is 1.92. The van der Waals surface area contributed by atoms with E-state index in [1.165, 1.54) is 5.56 Å².